The lowest BCUT2D eigenvalue weighted by atomic mass is 10.3. The number of ether oxygens (including phenoxy) is 1. The summed E-state index contributed by atoms with van der Waals surface area (Å²) in [4.78, 5) is 0. The first-order chi connectivity index (χ1) is 7.22. The van der Waals surface area contributed by atoms with Crippen LogP contribution in [0.1, 0.15) is 19.8 Å². The Labute approximate surface area is 95.8 Å². The molecular weight excluding hydrogens is 210 g/mol. The van der Waals surface area contributed by atoms with E-state index in [0.29, 0.717) is 18.3 Å². The Morgan fingerprint density at radius 3 is 3.00 bits per heavy atom. The molecular formula is C10H17N3OS. The number of allylic oxidation sites excluding steroid dienone is 2. The van der Waals surface area contributed by atoms with Crippen LogP contribution in [0.3, 0.4) is 0 Å². The SMILES string of the molecule is COCCNC(=S)N/N=C1\C=C(C)CC1. The molecule has 0 amide bonds. The van der Waals surface area contributed by atoms with Crippen LogP contribution < -0.4 is 10.7 Å². The highest BCUT2D eigenvalue weighted by Gasteiger charge is 2.06. The maximum Gasteiger partial charge on any atom is 0.187 e. The van der Waals surface area contributed by atoms with E-state index >= 15 is 0 Å². The van der Waals surface area contributed by atoms with E-state index in [-0.39, 0.29) is 0 Å². The van der Waals surface area contributed by atoms with Gasteiger partial charge in [0.25, 0.3) is 0 Å². The molecule has 0 saturated heterocycles. The Morgan fingerprint density at radius 2 is 2.40 bits per heavy atom. The van der Waals surface area contributed by atoms with Crippen molar-refractivity contribution in [2.24, 2.45) is 5.10 Å². The smallest absolute Gasteiger partial charge is 0.187 e. The first-order valence-corrected chi connectivity index (χ1v) is 5.39. The fraction of sp³-hybridized carbons (Fsp3) is 0.600. The van der Waals surface area contributed by atoms with Gasteiger partial charge >= 0.3 is 0 Å². The molecule has 0 saturated carbocycles. The summed E-state index contributed by atoms with van der Waals surface area (Å²) >= 11 is 5.03. The lowest BCUT2D eigenvalue weighted by Gasteiger charge is -2.06. The molecule has 0 atom stereocenters. The maximum absolute atomic E-state index is 5.03. The van der Waals surface area contributed by atoms with E-state index in [9.17, 15) is 0 Å². The van der Waals surface area contributed by atoms with Crippen LogP contribution in [0, 0.1) is 0 Å². The fourth-order valence-electron chi connectivity index (χ4n) is 1.27. The third-order valence-corrected chi connectivity index (χ3v) is 2.32. The van der Waals surface area contributed by atoms with Gasteiger partial charge in [-0.15, -0.1) is 0 Å². The predicted molar refractivity (Wildman–Crippen MR) is 66.0 cm³/mol. The van der Waals surface area contributed by atoms with Crippen molar-refractivity contribution in [3.63, 3.8) is 0 Å². The molecule has 84 valence electrons. The molecule has 1 rings (SSSR count). The van der Waals surface area contributed by atoms with Crippen LogP contribution in [0.25, 0.3) is 0 Å². The highest BCUT2D eigenvalue weighted by molar-refractivity contribution is 7.80. The lowest BCUT2D eigenvalue weighted by molar-refractivity contribution is 0.204. The molecule has 0 bridgehead atoms. The lowest BCUT2D eigenvalue weighted by Crippen LogP contribution is -2.34. The van der Waals surface area contributed by atoms with Gasteiger partial charge in [0.05, 0.1) is 12.3 Å². The third kappa shape index (κ3) is 4.90. The zero-order valence-electron chi connectivity index (χ0n) is 9.17. The van der Waals surface area contributed by atoms with Gasteiger partial charge in [0.1, 0.15) is 0 Å². The van der Waals surface area contributed by atoms with Crippen molar-refractivity contribution < 1.29 is 4.74 Å². The van der Waals surface area contributed by atoms with Gasteiger partial charge in [-0.2, -0.15) is 5.10 Å². The average Bonchev–Trinajstić information content (AvgIpc) is 2.62. The molecule has 0 aromatic carbocycles. The van der Waals surface area contributed by atoms with Gasteiger partial charge in [0.2, 0.25) is 0 Å². The molecule has 0 spiro atoms. The van der Waals surface area contributed by atoms with Crippen molar-refractivity contribution in [2.45, 2.75) is 19.8 Å². The molecule has 0 unspecified atom stereocenters. The molecule has 0 aromatic heterocycles. The minimum absolute atomic E-state index is 0.539. The standard InChI is InChI=1S/C10H17N3OS/c1-8-3-4-9(7-8)12-13-10(15)11-5-6-14-2/h7H,3-6H2,1-2H3,(H2,11,13,15)/b12-9-. The summed E-state index contributed by atoms with van der Waals surface area (Å²) < 4.78 is 4.89. The van der Waals surface area contributed by atoms with Crippen LogP contribution in [0.5, 0.6) is 0 Å². The van der Waals surface area contributed by atoms with E-state index in [2.05, 4.69) is 28.8 Å². The second-order valence-electron chi connectivity index (χ2n) is 3.45. The largest absolute Gasteiger partial charge is 0.383 e. The Balaban J connectivity index is 2.21. The van der Waals surface area contributed by atoms with Crippen molar-refractivity contribution in [1.29, 1.82) is 0 Å². The van der Waals surface area contributed by atoms with Gasteiger partial charge < -0.3 is 10.1 Å². The van der Waals surface area contributed by atoms with Crippen molar-refractivity contribution >= 4 is 23.0 Å². The van der Waals surface area contributed by atoms with E-state index in [1.165, 1.54) is 5.57 Å². The van der Waals surface area contributed by atoms with E-state index in [4.69, 9.17) is 17.0 Å². The molecule has 5 heteroatoms. The van der Waals surface area contributed by atoms with Gasteiger partial charge in [-0.05, 0) is 38.1 Å². The highest BCUT2D eigenvalue weighted by atomic mass is 32.1. The Bertz CT molecular complexity index is 286. The zero-order valence-corrected chi connectivity index (χ0v) is 9.99. The summed E-state index contributed by atoms with van der Waals surface area (Å²) in [5.41, 5.74) is 5.24. The van der Waals surface area contributed by atoms with Crippen LogP contribution in [-0.4, -0.2) is 31.1 Å². The molecule has 0 fully saturated rings. The molecule has 0 aromatic rings. The number of nitrogens with one attached hydrogen (secondary N) is 2. The molecule has 15 heavy (non-hydrogen) atoms. The highest BCUT2D eigenvalue weighted by Crippen LogP contribution is 2.13. The van der Waals surface area contributed by atoms with Crippen molar-refractivity contribution in [1.82, 2.24) is 10.7 Å². The minimum Gasteiger partial charge on any atom is -0.383 e. The summed E-state index contributed by atoms with van der Waals surface area (Å²) in [5.74, 6) is 0. The van der Waals surface area contributed by atoms with Crippen LogP contribution in [0.2, 0.25) is 0 Å². The first kappa shape index (κ1) is 12.1. The Hall–Kier alpha value is -0.940. The Morgan fingerprint density at radius 1 is 1.60 bits per heavy atom. The first-order valence-electron chi connectivity index (χ1n) is 4.99. The number of hydrogen-bond acceptors (Lipinski definition) is 3. The van der Waals surface area contributed by atoms with Gasteiger partial charge in [-0.1, -0.05) is 5.57 Å². The summed E-state index contributed by atoms with van der Waals surface area (Å²) in [5, 5.41) is 7.72. The summed E-state index contributed by atoms with van der Waals surface area (Å²) in [6.45, 7) is 3.44. The zero-order chi connectivity index (χ0) is 11.1. The molecule has 0 aliphatic heterocycles. The van der Waals surface area contributed by atoms with Crippen molar-refractivity contribution in [2.75, 3.05) is 20.3 Å². The van der Waals surface area contributed by atoms with Crippen LogP contribution in [0.15, 0.2) is 16.8 Å². The van der Waals surface area contributed by atoms with Crippen LogP contribution in [-0.2, 0) is 4.74 Å². The van der Waals surface area contributed by atoms with Gasteiger partial charge in [-0.25, -0.2) is 0 Å². The maximum atomic E-state index is 5.03. The number of hydrazone groups is 1. The number of methoxy groups -OCH3 is 1. The minimum atomic E-state index is 0.539. The summed E-state index contributed by atoms with van der Waals surface area (Å²) in [6.07, 6.45) is 4.19. The Kier molecular flexibility index (Phi) is 5.28. The monoisotopic (exact) mass is 227 g/mol. The van der Waals surface area contributed by atoms with Crippen LogP contribution >= 0.6 is 12.2 Å². The molecule has 4 nitrogen and oxygen atoms in total. The number of thiocarbonyl (C=S) groups is 1. The van der Waals surface area contributed by atoms with Crippen LogP contribution in [0.4, 0.5) is 0 Å². The second kappa shape index (κ2) is 6.53. The number of nitrogens with zero attached hydrogens (tertiary/aromatic N) is 1. The van der Waals surface area contributed by atoms with Gasteiger partial charge in [0, 0.05) is 13.7 Å². The molecule has 0 radical (unpaired) electrons. The van der Waals surface area contributed by atoms with E-state index in [1.54, 1.807) is 7.11 Å². The quantitative estimate of drug-likeness (QED) is 0.430. The van der Waals surface area contributed by atoms with Gasteiger partial charge in [0.15, 0.2) is 5.11 Å². The topological polar surface area (TPSA) is 45.6 Å². The van der Waals surface area contributed by atoms with E-state index in [1.807, 2.05) is 0 Å². The predicted octanol–water partition coefficient (Wildman–Crippen LogP) is 1.19. The third-order valence-electron chi connectivity index (χ3n) is 2.08. The summed E-state index contributed by atoms with van der Waals surface area (Å²) in [7, 11) is 1.66. The van der Waals surface area contributed by atoms with E-state index < -0.39 is 0 Å². The second-order valence-corrected chi connectivity index (χ2v) is 3.86. The number of hydrogen-bond donors (Lipinski definition) is 2. The number of rotatable bonds is 4. The van der Waals surface area contributed by atoms with Gasteiger partial charge in [-0.3, -0.25) is 5.43 Å². The molecule has 1 aliphatic carbocycles. The van der Waals surface area contributed by atoms with Crippen molar-refractivity contribution in [3.8, 4) is 0 Å². The molecule has 1 aliphatic rings. The van der Waals surface area contributed by atoms with E-state index in [0.717, 1.165) is 18.6 Å². The normalized spacial score (nSPS) is 17.7. The van der Waals surface area contributed by atoms with Crippen molar-refractivity contribution in [3.05, 3.63) is 11.6 Å². The summed E-state index contributed by atoms with van der Waals surface area (Å²) in [6, 6.07) is 0. The molecule has 0 heterocycles. The average molecular weight is 227 g/mol. The fourth-order valence-corrected chi connectivity index (χ4v) is 1.42. The molecule has 2 N–H and O–H groups in total.